The van der Waals surface area contributed by atoms with Gasteiger partial charge >= 0.3 is 0 Å². The minimum absolute atomic E-state index is 0.123. The molecule has 2 rings (SSSR count). The monoisotopic (exact) mass is 306 g/mol. The van der Waals surface area contributed by atoms with Crippen LogP contribution in [0.4, 0.5) is 0 Å². The normalized spacial score (nSPS) is 10.3. The summed E-state index contributed by atoms with van der Waals surface area (Å²) in [6.45, 7) is 0.666. The Labute approximate surface area is 115 Å². The molecule has 0 saturated heterocycles. The highest BCUT2D eigenvalue weighted by atomic mass is 79.9. The van der Waals surface area contributed by atoms with E-state index in [1.807, 2.05) is 48.5 Å². The largest absolute Gasteiger partial charge is 0.489 e. The Hall–Kier alpha value is -1.32. The van der Waals surface area contributed by atoms with Crippen molar-refractivity contribution in [1.82, 2.24) is 0 Å². The molecule has 0 atom stereocenters. The lowest BCUT2D eigenvalue weighted by Gasteiger charge is -2.11. The van der Waals surface area contributed by atoms with Crippen molar-refractivity contribution in [1.29, 1.82) is 0 Å². The Bertz CT molecular complexity index is 497. The summed E-state index contributed by atoms with van der Waals surface area (Å²) in [4.78, 5) is 0. The van der Waals surface area contributed by atoms with Crippen LogP contribution in [-0.2, 0) is 13.0 Å². The molecule has 0 aromatic heterocycles. The summed E-state index contributed by atoms with van der Waals surface area (Å²) >= 11 is 3.43. The van der Waals surface area contributed by atoms with Crippen LogP contribution in [0.5, 0.6) is 5.75 Å². The molecule has 0 spiro atoms. The summed E-state index contributed by atoms with van der Waals surface area (Å²) in [6.07, 6.45) is 0.601. The van der Waals surface area contributed by atoms with E-state index in [1.165, 1.54) is 0 Å². The lowest BCUT2D eigenvalue weighted by Crippen LogP contribution is -2.00. The number of benzene rings is 2. The van der Waals surface area contributed by atoms with Gasteiger partial charge in [-0.3, -0.25) is 0 Å². The van der Waals surface area contributed by atoms with Crippen LogP contribution < -0.4 is 4.74 Å². The summed E-state index contributed by atoms with van der Waals surface area (Å²) in [7, 11) is 0. The second-order valence-electron chi connectivity index (χ2n) is 4.00. The Morgan fingerprint density at radius 3 is 2.56 bits per heavy atom. The number of hydrogen-bond donors (Lipinski definition) is 1. The van der Waals surface area contributed by atoms with Gasteiger partial charge in [0.2, 0.25) is 0 Å². The average molecular weight is 307 g/mol. The number of rotatable bonds is 5. The first-order valence-electron chi connectivity index (χ1n) is 5.85. The van der Waals surface area contributed by atoms with Gasteiger partial charge in [0, 0.05) is 11.1 Å². The van der Waals surface area contributed by atoms with Crippen LogP contribution >= 0.6 is 15.9 Å². The molecule has 2 aromatic carbocycles. The van der Waals surface area contributed by atoms with Crippen molar-refractivity contribution in [3.63, 3.8) is 0 Å². The highest BCUT2D eigenvalue weighted by Gasteiger charge is 2.04. The molecule has 0 fully saturated rings. The quantitative estimate of drug-likeness (QED) is 0.915. The summed E-state index contributed by atoms with van der Waals surface area (Å²) in [5.41, 5.74) is 2.15. The summed E-state index contributed by atoms with van der Waals surface area (Å²) in [5, 5.41) is 9.05. The van der Waals surface area contributed by atoms with E-state index in [1.54, 1.807) is 0 Å². The maximum atomic E-state index is 9.05. The van der Waals surface area contributed by atoms with Crippen LogP contribution in [0.3, 0.4) is 0 Å². The molecule has 0 unspecified atom stereocenters. The van der Waals surface area contributed by atoms with Gasteiger partial charge in [0.05, 0.1) is 0 Å². The lowest BCUT2D eigenvalue weighted by molar-refractivity contribution is 0.284. The van der Waals surface area contributed by atoms with Crippen LogP contribution in [0.25, 0.3) is 0 Å². The molecule has 94 valence electrons. The van der Waals surface area contributed by atoms with Crippen molar-refractivity contribution in [2.24, 2.45) is 0 Å². The molecule has 0 heterocycles. The number of aliphatic hydroxyl groups excluding tert-OH is 1. The smallest absolute Gasteiger partial charge is 0.123 e. The Morgan fingerprint density at radius 2 is 1.83 bits per heavy atom. The SMILES string of the molecule is OCCc1cc(Br)ccc1OCc1ccccc1. The molecule has 0 aliphatic carbocycles. The maximum absolute atomic E-state index is 9.05. The van der Waals surface area contributed by atoms with Gasteiger partial charge in [0.15, 0.2) is 0 Å². The summed E-state index contributed by atoms with van der Waals surface area (Å²) in [6, 6.07) is 15.9. The van der Waals surface area contributed by atoms with Crippen LogP contribution in [0, 0.1) is 0 Å². The zero-order valence-corrected chi connectivity index (χ0v) is 11.6. The minimum Gasteiger partial charge on any atom is -0.489 e. The van der Waals surface area contributed by atoms with Crippen molar-refractivity contribution < 1.29 is 9.84 Å². The van der Waals surface area contributed by atoms with Gasteiger partial charge in [-0.05, 0) is 35.7 Å². The van der Waals surface area contributed by atoms with E-state index < -0.39 is 0 Å². The molecule has 0 amide bonds. The van der Waals surface area contributed by atoms with Crippen LogP contribution in [-0.4, -0.2) is 11.7 Å². The lowest BCUT2D eigenvalue weighted by atomic mass is 10.1. The van der Waals surface area contributed by atoms with Gasteiger partial charge in [-0.25, -0.2) is 0 Å². The second-order valence-corrected chi connectivity index (χ2v) is 4.92. The van der Waals surface area contributed by atoms with Gasteiger partial charge < -0.3 is 9.84 Å². The standard InChI is InChI=1S/C15H15BrO2/c16-14-6-7-15(13(10-14)8-9-17)18-11-12-4-2-1-3-5-12/h1-7,10,17H,8-9,11H2. The Morgan fingerprint density at radius 1 is 1.06 bits per heavy atom. The van der Waals surface area contributed by atoms with Crippen LogP contribution in [0.1, 0.15) is 11.1 Å². The molecule has 1 N–H and O–H groups in total. The molecular weight excluding hydrogens is 292 g/mol. The fourth-order valence-electron chi connectivity index (χ4n) is 1.74. The van der Waals surface area contributed by atoms with Crippen molar-refractivity contribution in [3.05, 3.63) is 64.1 Å². The van der Waals surface area contributed by atoms with E-state index in [2.05, 4.69) is 15.9 Å². The van der Waals surface area contributed by atoms with Crippen molar-refractivity contribution >= 4 is 15.9 Å². The Balaban J connectivity index is 2.09. The molecule has 3 heteroatoms. The van der Waals surface area contributed by atoms with Crippen molar-refractivity contribution in [2.75, 3.05) is 6.61 Å². The molecule has 0 saturated carbocycles. The highest BCUT2D eigenvalue weighted by molar-refractivity contribution is 9.10. The topological polar surface area (TPSA) is 29.5 Å². The van der Waals surface area contributed by atoms with Gasteiger partial charge in [-0.1, -0.05) is 46.3 Å². The van der Waals surface area contributed by atoms with E-state index in [-0.39, 0.29) is 6.61 Å². The molecule has 2 aromatic rings. The molecule has 0 bridgehead atoms. The van der Waals surface area contributed by atoms with Gasteiger partial charge in [0.25, 0.3) is 0 Å². The van der Waals surface area contributed by atoms with E-state index in [0.717, 1.165) is 21.3 Å². The average Bonchev–Trinajstić information content (AvgIpc) is 2.39. The predicted molar refractivity (Wildman–Crippen MR) is 75.7 cm³/mol. The third-order valence-corrected chi connectivity index (χ3v) is 3.13. The van der Waals surface area contributed by atoms with Gasteiger partial charge in [-0.2, -0.15) is 0 Å². The van der Waals surface area contributed by atoms with E-state index in [9.17, 15) is 0 Å². The van der Waals surface area contributed by atoms with Crippen molar-refractivity contribution in [2.45, 2.75) is 13.0 Å². The first-order valence-corrected chi connectivity index (χ1v) is 6.65. The van der Waals surface area contributed by atoms with Crippen LogP contribution in [0.15, 0.2) is 53.0 Å². The minimum atomic E-state index is 0.123. The molecule has 0 aliphatic rings. The van der Waals surface area contributed by atoms with E-state index >= 15 is 0 Å². The predicted octanol–water partition coefficient (Wildman–Crippen LogP) is 3.56. The third kappa shape index (κ3) is 3.59. The second kappa shape index (κ2) is 6.57. The summed E-state index contributed by atoms with van der Waals surface area (Å²) < 4.78 is 6.80. The van der Waals surface area contributed by atoms with Crippen molar-refractivity contribution in [3.8, 4) is 5.75 Å². The first-order chi connectivity index (χ1) is 8.79. The fourth-order valence-corrected chi connectivity index (χ4v) is 2.15. The molecule has 18 heavy (non-hydrogen) atoms. The molecule has 2 nitrogen and oxygen atoms in total. The zero-order valence-electron chi connectivity index (χ0n) is 9.97. The molecule has 0 aliphatic heterocycles. The van der Waals surface area contributed by atoms with Gasteiger partial charge in [-0.15, -0.1) is 0 Å². The first kappa shape index (κ1) is 13.1. The fraction of sp³-hybridized carbons (Fsp3) is 0.200. The molecular formula is C15H15BrO2. The number of halogens is 1. The zero-order chi connectivity index (χ0) is 12.8. The number of hydrogen-bond acceptors (Lipinski definition) is 2. The Kier molecular flexibility index (Phi) is 4.79. The van der Waals surface area contributed by atoms with Crippen LogP contribution in [0.2, 0.25) is 0 Å². The van der Waals surface area contributed by atoms with E-state index in [4.69, 9.17) is 9.84 Å². The third-order valence-electron chi connectivity index (χ3n) is 2.64. The summed E-state index contributed by atoms with van der Waals surface area (Å²) in [5.74, 6) is 0.830. The van der Waals surface area contributed by atoms with Gasteiger partial charge in [0.1, 0.15) is 12.4 Å². The highest BCUT2D eigenvalue weighted by Crippen LogP contribution is 2.24. The number of ether oxygens (including phenoxy) is 1. The number of aliphatic hydroxyl groups is 1. The maximum Gasteiger partial charge on any atom is 0.123 e. The van der Waals surface area contributed by atoms with E-state index in [0.29, 0.717) is 13.0 Å². The molecule has 0 radical (unpaired) electrons.